The summed E-state index contributed by atoms with van der Waals surface area (Å²) in [6.07, 6.45) is 2.50. The molecule has 3 rings (SSSR count). The van der Waals surface area contributed by atoms with E-state index in [1.807, 2.05) is 12.1 Å². The van der Waals surface area contributed by atoms with Crippen molar-refractivity contribution >= 4 is 17.2 Å². The summed E-state index contributed by atoms with van der Waals surface area (Å²) in [6, 6.07) is 16.6. The molecular formula is C19H21NOS. The summed E-state index contributed by atoms with van der Waals surface area (Å²) in [7, 11) is 0. The fourth-order valence-corrected chi connectivity index (χ4v) is 2.97. The second-order valence-electron chi connectivity index (χ2n) is 5.80. The van der Waals surface area contributed by atoms with E-state index in [4.69, 9.17) is 17.0 Å². The van der Waals surface area contributed by atoms with E-state index in [-0.39, 0.29) is 0 Å². The second-order valence-corrected chi connectivity index (χ2v) is 6.18. The van der Waals surface area contributed by atoms with Gasteiger partial charge in [-0.15, -0.1) is 0 Å². The fraction of sp³-hybridized carbons (Fsp3) is 0.316. The number of ether oxygens (including phenoxy) is 1. The van der Waals surface area contributed by atoms with Crippen LogP contribution >= 0.6 is 12.2 Å². The zero-order chi connectivity index (χ0) is 15.4. The van der Waals surface area contributed by atoms with Crippen molar-refractivity contribution in [2.75, 3.05) is 13.1 Å². The first kappa shape index (κ1) is 15.0. The molecule has 1 heterocycles. The molecule has 1 aliphatic heterocycles. The summed E-state index contributed by atoms with van der Waals surface area (Å²) in [5.74, 6) is 0.883. The highest BCUT2D eigenvalue weighted by Gasteiger charge is 2.15. The van der Waals surface area contributed by atoms with Crippen molar-refractivity contribution in [3.8, 4) is 5.75 Å². The first-order valence-electron chi connectivity index (χ1n) is 7.80. The minimum absolute atomic E-state index is 0.593. The SMILES string of the molecule is Cc1ccc(COc2ccc(C(=S)N3CCCC3)cc2)cc1. The van der Waals surface area contributed by atoms with Crippen molar-refractivity contribution in [1.82, 2.24) is 4.90 Å². The molecule has 0 amide bonds. The third-order valence-electron chi connectivity index (χ3n) is 4.02. The summed E-state index contributed by atoms with van der Waals surface area (Å²) in [6.45, 7) is 4.86. The van der Waals surface area contributed by atoms with Gasteiger partial charge in [0.15, 0.2) is 0 Å². The molecule has 0 spiro atoms. The number of likely N-dealkylation sites (tertiary alicyclic amines) is 1. The Balaban J connectivity index is 1.59. The molecule has 0 atom stereocenters. The molecule has 0 radical (unpaired) electrons. The van der Waals surface area contributed by atoms with Crippen molar-refractivity contribution in [3.05, 3.63) is 65.2 Å². The molecule has 0 aromatic heterocycles. The third kappa shape index (κ3) is 3.66. The van der Waals surface area contributed by atoms with Gasteiger partial charge in [-0.3, -0.25) is 0 Å². The minimum Gasteiger partial charge on any atom is -0.489 e. The monoisotopic (exact) mass is 311 g/mol. The van der Waals surface area contributed by atoms with Gasteiger partial charge in [0.25, 0.3) is 0 Å². The maximum absolute atomic E-state index is 5.84. The van der Waals surface area contributed by atoms with Crippen LogP contribution in [0.5, 0.6) is 5.75 Å². The first-order valence-corrected chi connectivity index (χ1v) is 8.21. The van der Waals surface area contributed by atoms with E-state index in [0.29, 0.717) is 6.61 Å². The Bertz CT molecular complexity index is 627. The summed E-state index contributed by atoms with van der Waals surface area (Å²) < 4.78 is 5.84. The molecule has 0 N–H and O–H groups in total. The number of hydrogen-bond donors (Lipinski definition) is 0. The summed E-state index contributed by atoms with van der Waals surface area (Å²) in [5, 5.41) is 0. The maximum atomic E-state index is 5.84. The van der Waals surface area contributed by atoms with E-state index in [1.54, 1.807) is 0 Å². The molecule has 1 fully saturated rings. The van der Waals surface area contributed by atoms with Gasteiger partial charge in [-0.1, -0.05) is 42.0 Å². The lowest BCUT2D eigenvalue weighted by Crippen LogP contribution is -2.26. The molecule has 3 heteroatoms. The molecule has 0 aliphatic carbocycles. The van der Waals surface area contributed by atoms with Gasteiger partial charge in [-0.05, 0) is 49.6 Å². The van der Waals surface area contributed by atoms with E-state index < -0.39 is 0 Å². The van der Waals surface area contributed by atoms with Crippen LogP contribution in [-0.2, 0) is 6.61 Å². The van der Waals surface area contributed by atoms with Crippen LogP contribution < -0.4 is 4.74 Å². The van der Waals surface area contributed by atoms with Crippen LogP contribution in [0.4, 0.5) is 0 Å². The molecule has 0 saturated carbocycles. The largest absolute Gasteiger partial charge is 0.489 e. The van der Waals surface area contributed by atoms with Crippen molar-refractivity contribution in [1.29, 1.82) is 0 Å². The molecular weight excluding hydrogens is 290 g/mol. The van der Waals surface area contributed by atoms with Gasteiger partial charge in [0.2, 0.25) is 0 Å². The molecule has 0 bridgehead atoms. The van der Waals surface area contributed by atoms with Crippen LogP contribution in [-0.4, -0.2) is 23.0 Å². The van der Waals surface area contributed by atoms with Gasteiger partial charge < -0.3 is 9.64 Å². The Morgan fingerprint density at radius 2 is 1.64 bits per heavy atom. The smallest absolute Gasteiger partial charge is 0.119 e. The standard InChI is InChI=1S/C19H21NOS/c1-15-4-6-16(7-5-15)14-21-18-10-8-17(9-11-18)19(22)20-12-2-3-13-20/h4-11H,2-3,12-14H2,1H3. The predicted molar refractivity (Wildman–Crippen MR) is 94.5 cm³/mol. The number of thiocarbonyl (C=S) groups is 1. The van der Waals surface area contributed by atoms with E-state index >= 15 is 0 Å². The average Bonchev–Trinajstić information content (AvgIpc) is 3.09. The number of aryl methyl sites for hydroxylation is 1. The minimum atomic E-state index is 0.593. The van der Waals surface area contributed by atoms with Gasteiger partial charge in [0, 0.05) is 18.7 Å². The van der Waals surface area contributed by atoms with Crippen LogP contribution in [0, 0.1) is 6.92 Å². The fourth-order valence-electron chi connectivity index (χ4n) is 2.65. The van der Waals surface area contributed by atoms with Crippen molar-refractivity contribution < 1.29 is 4.74 Å². The zero-order valence-corrected chi connectivity index (χ0v) is 13.7. The molecule has 22 heavy (non-hydrogen) atoms. The molecule has 2 aromatic rings. The van der Waals surface area contributed by atoms with Gasteiger partial charge >= 0.3 is 0 Å². The Morgan fingerprint density at radius 1 is 1.00 bits per heavy atom. The Morgan fingerprint density at radius 3 is 2.27 bits per heavy atom. The van der Waals surface area contributed by atoms with Crippen molar-refractivity contribution in [2.45, 2.75) is 26.4 Å². The van der Waals surface area contributed by atoms with Gasteiger partial charge in [0.1, 0.15) is 17.3 Å². The summed E-state index contributed by atoms with van der Waals surface area (Å²) in [5.41, 5.74) is 3.56. The molecule has 2 aromatic carbocycles. The Labute approximate surface area is 137 Å². The van der Waals surface area contributed by atoms with E-state index in [2.05, 4.69) is 48.2 Å². The van der Waals surface area contributed by atoms with Crippen LogP contribution in [0.15, 0.2) is 48.5 Å². The third-order valence-corrected chi connectivity index (χ3v) is 4.51. The van der Waals surface area contributed by atoms with Gasteiger partial charge in [-0.2, -0.15) is 0 Å². The van der Waals surface area contributed by atoms with Crippen molar-refractivity contribution in [3.63, 3.8) is 0 Å². The highest BCUT2D eigenvalue weighted by Crippen LogP contribution is 2.18. The normalized spacial score (nSPS) is 14.1. The highest BCUT2D eigenvalue weighted by atomic mass is 32.1. The molecule has 114 valence electrons. The molecule has 1 aliphatic rings. The maximum Gasteiger partial charge on any atom is 0.119 e. The van der Waals surface area contributed by atoms with Crippen LogP contribution in [0.3, 0.4) is 0 Å². The zero-order valence-electron chi connectivity index (χ0n) is 12.9. The van der Waals surface area contributed by atoms with Gasteiger partial charge in [0.05, 0.1) is 0 Å². The quantitative estimate of drug-likeness (QED) is 0.779. The van der Waals surface area contributed by atoms with E-state index in [0.717, 1.165) is 29.4 Å². The van der Waals surface area contributed by atoms with Crippen LogP contribution in [0.2, 0.25) is 0 Å². The van der Waals surface area contributed by atoms with E-state index in [9.17, 15) is 0 Å². The topological polar surface area (TPSA) is 12.5 Å². The summed E-state index contributed by atoms with van der Waals surface area (Å²) >= 11 is 5.56. The molecule has 1 saturated heterocycles. The van der Waals surface area contributed by atoms with E-state index in [1.165, 1.54) is 24.0 Å². The van der Waals surface area contributed by atoms with Crippen molar-refractivity contribution in [2.24, 2.45) is 0 Å². The first-order chi connectivity index (χ1) is 10.7. The summed E-state index contributed by atoms with van der Waals surface area (Å²) in [4.78, 5) is 3.25. The number of hydrogen-bond acceptors (Lipinski definition) is 2. The van der Waals surface area contributed by atoms with Crippen LogP contribution in [0.1, 0.15) is 29.5 Å². The average molecular weight is 311 g/mol. The number of rotatable bonds is 4. The lowest BCUT2D eigenvalue weighted by Gasteiger charge is -2.18. The Kier molecular flexibility index (Phi) is 4.74. The number of benzene rings is 2. The van der Waals surface area contributed by atoms with Crippen LogP contribution in [0.25, 0.3) is 0 Å². The second kappa shape index (κ2) is 6.93. The molecule has 2 nitrogen and oxygen atoms in total. The lowest BCUT2D eigenvalue weighted by molar-refractivity contribution is 0.306. The Hall–Kier alpha value is -1.87. The number of nitrogens with zero attached hydrogens (tertiary/aromatic N) is 1. The lowest BCUT2D eigenvalue weighted by atomic mass is 10.2. The molecule has 0 unspecified atom stereocenters. The highest BCUT2D eigenvalue weighted by molar-refractivity contribution is 7.80. The van der Waals surface area contributed by atoms with Gasteiger partial charge in [-0.25, -0.2) is 0 Å². The predicted octanol–water partition coefficient (Wildman–Crippen LogP) is 4.35.